The van der Waals surface area contributed by atoms with Gasteiger partial charge in [-0.3, -0.25) is 9.59 Å². The van der Waals surface area contributed by atoms with Crippen LogP contribution in [0.2, 0.25) is 0 Å². The first kappa shape index (κ1) is 23.2. The summed E-state index contributed by atoms with van der Waals surface area (Å²) in [7, 11) is 0. The van der Waals surface area contributed by atoms with E-state index < -0.39 is 5.91 Å². The predicted molar refractivity (Wildman–Crippen MR) is 139 cm³/mol. The topological polar surface area (TPSA) is 81.4 Å². The van der Waals surface area contributed by atoms with Crippen molar-refractivity contribution in [3.63, 3.8) is 0 Å². The van der Waals surface area contributed by atoms with E-state index in [-0.39, 0.29) is 24.9 Å². The van der Waals surface area contributed by atoms with Crippen LogP contribution < -0.4 is 11.1 Å². The molecule has 0 saturated heterocycles. The molecule has 5 aromatic rings. The zero-order valence-corrected chi connectivity index (χ0v) is 19.1. The van der Waals surface area contributed by atoms with Gasteiger partial charge in [-0.1, -0.05) is 42.5 Å². The number of carbonyl (C=O) groups is 2. The van der Waals surface area contributed by atoms with Crippen LogP contribution >= 0.6 is 12.4 Å². The number of primary amides is 1. The molecule has 0 bridgehead atoms. The van der Waals surface area contributed by atoms with E-state index in [0.29, 0.717) is 17.9 Å². The highest BCUT2D eigenvalue weighted by molar-refractivity contribution is 6.07. The summed E-state index contributed by atoms with van der Waals surface area (Å²) in [5, 5.41) is 9.15. The van der Waals surface area contributed by atoms with E-state index in [4.69, 9.17) is 10.5 Å². The molecule has 0 unspecified atom stereocenters. The maximum absolute atomic E-state index is 12.3. The maximum Gasteiger partial charge on any atom is 0.250 e. The third-order valence-electron chi connectivity index (χ3n) is 5.66. The van der Waals surface area contributed by atoms with Gasteiger partial charge in [0, 0.05) is 11.3 Å². The van der Waals surface area contributed by atoms with Gasteiger partial charge in [-0.15, -0.1) is 12.4 Å². The smallest absolute Gasteiger partial charge is 0.250 e. The quantitative estimate of drug-likeness (QED) is 0.307. The van der Waals surface area contributed by atoms with Gasteiger partial charge in [0.2, 0.25) is 11.8 Å². The minimum Gasteiger partial charge on any atom is -0.367 e. The SMILES string of the molecule is Cl.NC(=O)c1ccc2cc3cc4ccc(NC(=O)COCc5ccccc5)cc4cc3cc2c1. The Bertz CT molecular complexity index is 1520. The average Bonchev–Trinajstić information content (AvgIpc) is 2.81. The number of halogens is 1. The van der Waals surface area contributed by atoms with Crippen LogP contribution in [0.1, 0.15) is 15.9 Å². The molecule has 0 aromatic heterocycles. The first-order chi connectivity index (χ1) is 16.0. The minimum absolute atomic E-state index is 0. The van der Waals surface area contributed by atoms with Crippen LogP contribution in [-0.2, 0) is 16.1 Å². The van der Waals surface area contributed by atoms with Crippen molar-refractivity contribution in [3.05, 3.63) is 102 Å². The van der Waals surface area contributed by atoms with Gasteiger partial charge in [0.25, 0.3) is 0 Å². The Labute approximate surface area is 202 Å². The number of carbonyl (C=O) groups excluding carboxylic acids is 2. The van der Waals surface area contributed by atoms with Crippen LogP contribution in [-0.4, -0.2) is 18.4 Å². The molecule has 0 spiro atoms. The largest absolute Gasteiger partial charge is 0.367 e. The summed E-state index contributed by atoms with van der Waals surface area (Å²) in [6.07, 6.45) is 0. The molecule has 0 aliphatic carbocycles. The standard InChI is InChI=1S/C28H22N2O3.ClH/c29-28(32)21-7-6-19-10-23-11-20-8-9-26(15-25(20)14-24(23)13-22(19)12-21)30-27(31)17-33-16-18-4-2-1-3-5-18;/h1-15H,16-17H2,(H2,29,32)(H,30,31);1H. The normalized spacial score (nSPS) is 10.8. The van der Waals surface area contributed by atoms with Crippen LogP contribution in [0.15, 0.2) is 91.0 Å². The molecule has 5 aromatic carbocycles. The van der Waals surface area contributed by atoms with Gasteiger partial charge in [-0.25, -0.2) is 0 Å². The van der Waals surface area contributed by atoms with Crippen LogP contribution in [0, 0.1) is 0 Å². The fourth-order valence-corrected chi connectivity index (χ4v) is 4.01. The van der Waals surface area contributed by atoms with Gasteiger partial charge in [0.15, 0.2) is 0 Å². The third-order valence-corrected chi connectivity index (χ3v) is 5.66. The van der Waals surface area contributed by atoms with Gasteiger partial charge in [0.1, 0.15) is 6.61 Å². The van der Waals surface area contributed by atoms with Crippen LogP contribution in [0.5, 0.6) is 0 Å². The Hall–Kier alpha value is -3.93. The maximum atomic E-state index is 12.3. The molecule has 0 fully saturated rings. The highest BCUT2D eigenvalue weighted by Gasteiger charge is 2.07. The summed E-state index contributed by atoms with van der Waals surface area (Å²) < 4.78 is 5.52. The Balaban J connectivity index is 0.00000274. The lowest BCUT2D eigenvalue weighted by Crippen LogP contribution is -2.18. The van der Waals surface area contributed by atoms with E-state index in [2.05, 4.69) is 29.6 Å². The van der Waals surface area contributed by atoms with Gasteiger partial charge < -0.3 is 15.8 Å². The van der Waals surface area contributed by atoms with Crippen LogP contribution in [0.3, 0.4) is 0 Å². The Morgan fingerprint density at radius 3 is 1.97 bits per heavy atom. The summed E-state index contributed by atoms with van der Waals surface area (Å²) in [4.78, 5) is 23.8. The van der Waals surface area contributed by atoms with Crippen LogP contribution in [0.25, 0.3) is 32.3 Å². The van der Waals surface area contributed by atoms with Gasteiger partial charge in [0.05, 0.1) is 6.61 Å². The summed E-state index contributed by atoms with van der Waals surface area (Å²) in [5.74, 6) is -0.639. The monoisotopic (exact) mass is 470 g/mol. The molecule has 170 valence electrons. The molecule has 5 rings (SSSR count). The second-order valence-electron chi connectivity index (χ2n) is 8.07. The van der Waals surface area contributed by atoms with Crippen LogP contribution in [0.4, 0.5) is 5.69 Å². The first-order valence-electron chi connectivity index (χ1n) is 10.7. The van der Waals surface area contributed by atoms with Gasteiger partial charge in [-0.2, -0.15) is 0 Å². The molecule has 0 radical (unpaired) electrons. The summed E-state index contributed by atoms with van der Waals surface area (Å²) in [6, 6.07) is 29.4. The van der Waals surface area contributed by atoms with E-state index in [1.165, 1.54) is 0 Å². The number of fused-ring (bicyclic) bond motifs is 3. The summed E-state index contributed by atoms with van der Waals surface area (Å²) >= 11 is 0. The molecule has 34 heavy (non-hydrogen) atoms. The van der Waals surface area contributed by atoms with Crippen molar-refractivity contribution in [2.24, 2.45) is 5.73 Å². The fraction of sp³-hybridized carbons (Fsp3) is 0.0714. The molecule has 3 N–H and O–H groups in total. The van der Waals surface area contributed by atoms with E-state index in [0.717, 1.165) is 37.9 Å². The molecule has 0 aliphatic heterocycles. The molecule has 6 heteroatoms. The van der Waals surface area contributed by atoms with Gasteiger partial charge >= 0.3 is 0 Å². The second kappa shape index (κ2) is 9.91. The van der Waals surface area contributed by atoms with Crippen molar-refractivity contribution >= 4 is 62.2 Å². The van der Waals surface area contributed by atoms with Gasteiger partial charge in [-0.05, 0) is 86.4 Å². The number of rotatable bonds is 6. The number of amides is 2. The molecular weight excluding hydrogens is 448 g/mol. The number of hydrogen-bond donors (Lipinski definition) is 2. The van der Waals surface area contributed by atoms with E-state index in [1.807, 2.05) is 60.7 Å². The van der Waals surface area contributed by atoms with Crippen molar-refractivity contribution < 1.29 is 14.3 Å². The fourth-order valence-electron chi connectivity index (χ4n) is 4.01. The third kappa shape index (κ3) is 5.01. The van der Waals surface area contributed by atoms with Crippen molar-refractivity contribution in [2.75, 3.05) is 11.9 Å². The minimum atomic E-state index is -0.441. The number of nitrogens with two attached hydrogens (primary N) is 1. The van der Waals surface area contributed by atoms with Crippen molar-refractivity contribution in [1.82, 2.24) is 0 Å². The molecule has 0 saturated carbocycles. The molecule has 5 nitrogen and oxygen atoms in total. The van der Waals surface area contributed by atoms with Crippen molar-refractivity contribution in [1.29, 1.82) is 0 Å². The lowest BCUT2D eigenvalue weighted by molar-refractivity contribution is -0.121. The lowest BCUT2D eigenvalue weighted by atomic mass is 9.98. The molecular formula is C28H23ClN2O3. The van der Waals surface area contributed by atoms with E-state index in [1.54, 1.807) is 6.07 Å². The predicted octanol–water partition coefficient (Wildman–Crippen LogP) is 5.82. The zero-order valence-electron chi connectivity index (χ0n) is 18.3. The molecule has 0 heterocycles. The lowest BCUT2D eigenvalue weighted by Gasteiger charge is -2.09. The second-order valence-corrected chi connectivity index (χ2v) is 8.07. The van der Waals surface area contributed by atoms with E-state index >= 15 is 0 Å². The highest BCUT2D eigenvalue weighted by Crippen LogP contribution is 2.29. The number of benzene rings is 5. The first-order valence-corrected chi connectivity index (χ1v) is 10.7. The van der Waals surface area contributed by atoms with E-state index in [9.17, 15) is 9.59 Å². The Morgan fingerprint density at radius 2 is 1.29 bits per heavy atom. The number of hydrogen-bond acceptors (Lipinski definition) is 3. The molecule has 2 amide bonds. The number of ether oxygens (including phenoxy) is 1. The summed E-state index contributed by atoms with van der Waals surface area (Å²) in [6.45, 7) is 0.377. The Morgan fingerprint density at radius 1 is 0.706 bits per heavy atom. The molecule has 0 atom stereocenters. The molecule has 0 aliphatic rings. The van der Waals surface area contributed by atoms with Crippen molar-refractivity contribution in [3.8, 4) is 0 Å². The van der Waals surface area contributed by atoms with Crippen molar-refractivity contribution in [2.45, 2.75) is 6.61 Å². The average molecular weight is 471 g/mol. The Kier molecular flexibility index (Phi) is 6.77. The highest BCUT2D eigenvalue weighted by atomic mass is 35.5. The number of anilines is 1. The zero-order chi connectivity index (χ0) is 22.8. The summed E-state index contributed by atoms with van der Waals surface area (Å²) in [5.41, 5.74) is 7.65. The number of nitrogens with one attached hydrogen (secondary N) is 1.